The molecule has 1 aromatic rings. The first-order valence-electron chi connectivity index (χ1n) is 8.02. The fourth-order valence-electron chi connectivity index (χ4n) is 2.45. The standard InChI is InChI=1S/C16H17ClN6O3/c1-11-15-16(25)22(10-21-23(15)9-20-11)8-14(24)19-3-2-4-26-13-5-12(17)6-18-7-13/h5-7,9-10H,2-4,8H2,1H3,(H,19,24)/p+1. The molecule has 9 nitrogen and oxygen atoms in total. The van der Waals surface area contributed by atoms with Gasteiger partial charge in [0.15, 0.2) is 6.34 Å². The molecule has 2 amide bonds. The average molecular weight is 378 g/mol. The number of rotatable bonds is 7. The first-order valence-corrected chi connectivity index (χ1v) is 8.40. The molecule has 2 aliphatic rings. The van der Waals surface area contributed by atoms with E-state index in [1.165, 1.54) is 17.4 Å². The number of carbonyl (C=O) groups is 2. The zero-order valence-corrected chi connectivity index (χ0v) is 14.9. The van der Waals surface area contributed by atoms with Crippen LogP contribution in [0.2, 0.25) is 5.02 Å². The van der Waals surface area contributed by atoms with E-state index in [1.807, 2.05) is 0 Å². The van der Waals surface area contributed by atoms with Crippen LogP contribution in [-0.2, 0) is 9.59 Å². The van der Waals surface area contributed by atoms with Crippen LogP contribution in [0.3, 0.4) is 0 Å². The first-order chi connectivity index (χ1) is 12.5. The minimum absolute atomic E-state index is 0.0918. The van der Waals surface area contributed by atoms with E-state index in [-0.39, 0.29) is 18.4 Å². The van der Waals surface area contributed by atoms with Crippen molar-refractivity contribution in [3.63, 3.8) is 0 Å². The molecular formula is C16H18ClN6O3+. The Morgan fingerprint density at radius 2 is 2.27 bits per heavy atom. The minimum atomic E-state index is -0.269. The molecule has 10 heteroatoms. The lowest BCUT2D eigenvalue weighted by atomic mass is 10.3. The number of hydrogen-bond acceptors (Lipinski definition) is 6. The van der Waals surface area contributed by atoms with Crippen LogP contribution in [0.5, 0.6) is 5.75 Å². The summed E-state index contributed by atoms with van der Waals surface area (Å²) in [6.45, 7) is 2.49. The molecule has 0 aromatic carbocycles. The summed E-state index contributed by atoms with van der Waals surface area (Å²) in [6.07, 6.45) is 6.61. The molecule has 0 spiro atoms. The highest BCUT2D eigenvalue weighted by atomic mass is 35.5. The van der Waals surface area contributed by atoms with E-state index in [1.54, 1.807) is 25.5 Å². The third kappa shape index (κ3) is 4.24. The molecule has 0 saturated heterocycles. The monoisotopic (exact) mass is 377 g/mol. The fraction of sp³-hybridized carbons (Fsp3) is 0.312. The van der Waals surface area contributed by atoms with Crippen molar-refractivity contribution in [2.75, 3.05) is 19.7 Å². The predicted octanol–water partition coefficient (Wildman–Crippen LogP) is -0.436. The Morgan fingerprint density at radius 1 is 1.42 bits per heavy atom. The summed E-state index contributed by atoms with van der Waals surface area (Å²) >= 11 is 5.82. The lowest BCUT2D eigenvalue weighted by molar-refractivity contribution is -0.756. The smallest absolute Gasteiger partial charge is 0.318 e. The lowest BCUT2D eigenvalue weighted by Crippen LogP contribution is -3.06. The number of fused-ring (bicyclic) bond motifs is 1. The van der Waals surface area contributed by atoms with Crippen molar-refractivity contribution in [1.82, 2.24) is 15.2 Å². The van der Waals surface area contributed by atoms with E-state index in [2.05, 4.69) is 20.4 Å². The van der Waals surface area contributed by atoms with Gasteiger partial charge in [-0.25, -0.2) is 0 Å². The van der Waals surface area contributed by atoms with E-state index >= 15 is 0 Å². The molecule has 1 atom stereocenters. The van der Waals surface area contributed by atoms with Crippen LogP contribution in [0.1, 0.15) is 13.3 Å². The molecule has 0 fully saturated rings. The zero-order valence-electron chi connectivity index (χ0n) is 14.1. The van der Waals surface area contributed by atoms with Crippen molar-refractivity contribution >= 4 is 36.1 Å². The first kappa shape index (κ1) is 18.0. The van der Waals surface area contributed by atoms with Crippen molar-refractivity contribution < 1.29 is 19.3 Å². The maximum atomic E-state index is 12.4. The molecule has 3 heterocycles. The van der Waals surface area contributed by atoms with Crippen LogP contribution in [0.15, 0.2) is 39.9 Å². The van der Waals surface area contributed by atoms with Crippen molar-refractivity contribution in [3.8, 4) is 5.75 Å². The van der Waals surface area contributed by atoms with Gasteiger partial charge in [0.05, 0.1) is 17.8 Å². The van der Waals surface area contributed by atoms with Gasteiger partial charge in [-0.3, -0.25) is 19.5 Å². The molecular weight excluding hydrogens is 360 g/mol. The summed E-state index contributed by atoms with van der Waals surface area (Å²) in [6, 6.07) is 1.67. The maximum Gasteiger partial charge on any atom is 0.318 e. The third-order valence-corrected chi connectivity index (χ3v) is 3.92. The number of ether oxygens (including phenoxy) is 1. The SMILES string of the molecule is CC1=C2C(=O)N(CC(=O)NCCCOc3cncc(Cl)c3)C=N[NH+]2C=N1. The van der Waals surface area contributed by atoms with Crippen molar-refractivity contribution in [3.05, 3.63) is 34.9 Å². The lowest BCUT2D eigenvalue weighted by Gasteiger charge is -2.21. The summed E-state index contributed by atoms with van der Waals surface area (Å²) in [7, 11) is 0. The summed E-state index contributed by atoms with van der Waals surface area (Å²) in [4.78, 5) is 33.7. The van der Waals surface area contributed by atoms with Gasteiger partial charge in [0, 0.05) is 18.8 Å². The molecule has 0 aliphatic carbocycles. The van der Waals surface area contributed by atoms with E-state index in [9.17, 15) is 9.59 Å². The van der Waals surface area contributed by atoms with E-state index in [0.717, 1.165) is 0 Å². The second-order valence-corrected chi connectivity index (χ2v) is 6.11. The molecule has 3 rings (SSSR count). The van der Waals surface area contributed by atoms with Crippen LogP contribution >= 0.6 is 11.6 Å². The maximum absolute atomic E-state index is 12.4. The Bertz CT molecular complexity index is 807. The Balaban J connectivity index is 1.39. The Kier molecular flexibility index (Phi) is 5.59. The van der Waals surface area contributed by atoms with Gasteiger partial charge < -0.3 is 10.1 Å². The highest BCUT2D eigenvalue weighted by Crippen LogP contribution is 2.15. The van der Waals surface area contributed by atoms with Crippen LogP contribution < -0.4 is 15.1 Å². The number of allylic oxidation sites excluding steroid dienone is 1. The van der Waals surface area contributed by atoms with Crippen molar-refractivity contribution in [2.45, 2.75) is 13.3 Å². The highest BCUT2D eigenvalue weighted by Gasteiger charge is 2.37. The average Bonchev–Trinajstić information content (AvgIpc) is 2.99. The number of hydrogen-bond donors (Lipinski definition) is 2. The zero-order chi connectivity index (χ0) is 18.5. The quantitative estimate of drug-likeness (QED) is 0.629. The molecule has 0 bridgehead atoms. The fourth-order valence-corrected chi connectivity index (χ4v) is 2.61. The number of nitrogens with zero attached hydrogens (tertiary/aromatic N) is 4. The summed E-state index contributed by atoms with van der Waals surface area (Å²) in [5.74, 6) is 0.0419. The number of nitrogens with one attached hydrogen (secondary N) is 2. The van der Waals surface area contributed by atoms with Gasteiger partial charge in [-0.15, -0.1) is 5.01 Å². The minimum Gasteiger partial charge on any atom is -0.492 e. The van der Waals surface area contributed by atoms with Crippen LogP contribution in [0, 0.1) is 0 Å². The van der Waals surface area contributed by atoms with Crippen LogP contribution in [-0.4, -0.2) is 54.1 Å². The molecule has 2 N–H and O–H groups in total. The number of aliphatic imine (C=N–C) groups is 1. The highest BCUT2D eigenvalue weighted by molar-refractivity contribution is 6.30. The Hall–Kier alpha value is -2.78. The Morgan fingerprint density at radius 3 is 3.08 bits per heavy atom. The van der Waals surface area contributed by atoms with Gasteiger partial charge in [-0.1, -0.05) is 16.7 Å². The second-order valence-electron chi connectivity index (χ2n) is 5.67. The molecule has 2 aliphatic heterocycles. The molecule has 0 saturated carbocycles. The summed E-state index contributed by atoms with van der Waals surface area (Å²) in [5, 5.41) is 7.94. The van der Waals surface area contributed by atoms with Gasteiger partial charge >= 0.3 is 5.91 Å². The molecule has 136 valence electrons. The predicted molar refractivity (Wildman–Crippen MR) is 94.7 cm³/mol. The number of quaternary nitrogens is 1. The number of carbonyl (C=O) groups excluding carboxylic acids is 2. The van der Waals surface area contributed by atoms with Gasteiger partial charge in [-0.2, -0.15) is 4.99 Å². The number of amides is 2. The number of halogens is 1. The second kappa shape index (κ2) is 8.07. The Labute approximate surface area is 155 Å². The van der Waals surface area contributed by atoms with Crippen LogP contribution in [0.4, 0.5) is 0 Å². The van der Waals surface area contributed by atoms with E-state index in [0.29, 0.717) is 46.7 Å². The van der Waals surface area contributed by atoms with Gasteiger partial charge in [0.1, 0.15) is 18.0 Å². The molecule has 1 unspecified atom stereocenters. The molecule has 0 radical (unpaired) electrons. The van der Waals surface area contributed by atoms with Crippen molar-refractivity contribution in [2.24, 2.45) is 10.1 Å². The molecule has 26 heavy (non-hydrogen) atoms. The number of aromatic nitrogens is 1. The third-order valence-electron chi connectivity index (χ3n) is 3.72. The van der Waals surface area contributed by atoms with Crippen molar-refractivity contribution in [1.29, 1.82) is 0 Å². The molecule has 1 aromatic heterocycles. The van der Waals surface area contributed by atoms with Crippen LogP contribution in [0.25, 0.3) is 0 Å². The normalized spacial score (nSPS) is 18.3. The van der Waals surface area contributed by atoms with Gasteiger partial charge in [0.2, 0.25) is 12.2 Å². The van der Waals surface area contributed by atoms with Gasteiger partial charge in [0.25, 0.3) is 5.70 Å². The number of pyridine rings is 1. The summed E-state index contributed by atoms with van der Waals surface area (Å²) < 4.78 is 5.49. The van der Waals surface area contributed by atoms with E-state index < -0.39 is 0 Å². The summed E-state index contributed by atoms with van der Waals surface area (Å²) in [5.41, 5.74) is 1.06. The van der Waals surface area contributed by atoms with Gasteiger partial charge in [-0.05, 0) is 13.3 Å². The van der Waals surface area contributed by atoms with E-state index in [4.69, 9.17) is 16.3 Å². The largest absolute Gasteiger partial charge is 0.492 e. The topological polar surface area (TPSA) is 101 Å².